The van der Waals surface area contributed by atoms with Crippen LogP contribution in [0.25, 0.3) is 28.6 Å². The minimum absolute atomic E-state index is 0.128. The van der Waals surface area contributed by atoms with Crippen molar-refractivity contribution in [3.05, 3.63) is 46.9 Å². The summed E-state index contributed by atoms with van der Waals surface area (Å²) < 4.78 is 5.76. The molecule has 0 atom stereocenters. The van der Waals surface area contributed by atoms with E-state index in [0.717, 1.165) is 11.1 Å². The highest BCUT2D eigenvalue weighted by Crippen LogP contribution is 2.31. The monoisotopic (exact) mass is 331 g/mol. The molecule has 0 aliphatic rings. The first-order valence-electron chi connectivity index (χ1n) is 5.87. The number of hydrogen-bond acceptors (Lipinski definition) is 4. The highest BCUT2D eigenvalue weighted by molar-refractivity contribution is 9.11. The van der Waals surface area contributed by atoms with Crippen LogP contribution in [0.5, 0.6) is 11.5 Å². The van der Waals surface area contributed by atoms with Gasteiger partial charge in [-0.2, -0.15) is 0 Å². The van der Waals surface area contributed by atoms with Gasteiger partial charge in [-0.1, -0.05) is 15.9 Å². The van der Waals surface area contributed by atoms with Crippen molar-refractivity contribution >= 4 is 33.1 Å². The molecule has 3 rings (SSSR count). The summed E-state index contributed by atoms with van der Waals surface area (Å²) in [5.74, 6) is 0.754. The zero-order valence-corrected chi connectivity index (χ0v) is 11.8. The summed E-state index contributed by atoms with van der Waals surface area (Å²) in [6, 6.07) is 9.74. The highest BCUT2D eigenvalue weighted by atomic mass is 79.9. The van der Waals surface area contributed by atoms with E-state index in [-0.39, 0.29) is 11.5 Å². The molecule has 0 radical (unpaired) electrons. The van der Waals surface area contributed by atoms with E-state index in [1.165, 1.54) is 0 Å². The van der Waals surface area contributed by atoms with E-state index in [9.17, 15) is 10.2 Å². The van der Waals surface area contributed by atoms with Gasteiger partial charge in [0, 0.05) is 17.2 Å². The largest absolute Gasteiger partial charge is 0.508 e. The number of fused-ring (bicyclic) bond motifs is 1. The second kappa shape index (κ2) is 5.02. The Morgan fingerprint density at radius 1 is 1.05 bits per heavy atom. The molecule has 4 nitrogen and oxygen atoms in total. The number of oxazole rings is 1. The maximum Gasteiger partial charge on any atom is 0.227 e. The van der Waals surface area contributed by atoms with E-state index in [1.807, 2.05) is 0 Å². The summed E-state index contributed by atoms with van der Waals surface area (Å²) >= 11 is 3.20. The average molecular weight is 332 g/mol. The van der Waals surface area contributed by atoms with E-state index in [2.05, 4.69) is 20.9 Å². The topological polar surface area (TPSA) is 66.5 Å². The fraction of sp³-hybridized carbons (Fsp3) is 0. The lowest BCUT2D eigenvalue weighted by atomic mass is 10.2. The molecular weight excluding hydrogens is 322 g/mol. The van der Waals surface area contributed by atoms with Crippen molar-refractivity contribution in [3.63, 3.8) is 0 Å². The summed E-state index contributed by atoms with van der Waals surface area (Å²) in [4.78, 5) is 6.04. The number of phenolic OH excluding ortho intramolecular Hbond substituents is 2. The molecule has 0 aliphatic carbocycles. The van der Waals surface area contributed by atoms with Gasteiger partial charge in [-0.15, -0.1) is 0 Å². The minimum Gasteiger partial charge on any atom is -0.508 e. The third-order valence-electron chi connectivity index (χ3n) is 2.86. The predicted octanol–water partition coefficient (Wildman–Crippen LogP) is 4.27. The van der Waals surface area contributed by atoms with Crippen LogP contribution in [0.1, 0.15) is 5.56 Å². The van der Waals surface area contributed by atoms with Gasteiger partial charge in [0.15, 0.2) is 5.58 Å². The fourth-order valence-electron chi connectivity index (χ4n) is 1.96. The Kier molecular flexibility index (Phi) is 3.20. The molecule has 0 bridgehead atoms. The molecule has 0 fully saturated rings. The average Bonchev–Trinajstić information content (AvgIpc) is 2.83. The second-order valence-corrected chi connectivity index (χ2v) is 4.77. The summed E-state index contributed by atoms with van der Waals surface area (Å²) in [6.07, 6.45) is 1.77. The molecule has 1 aromatic heterocycles. The van der Waals surface area contributed by atoms with Crippen molar-refractivity contribution in [2.45, 2.75) is 0 Å². The standard InChI is InChI=1S/C15H10BrNO3/c16-6-5-10-7-12(19)8-13-14(10)20-15(17-13)9-1-3-11(18)4-2-9/h1-8,18-19H/b6-5+. The third kappa shape index (κ3) is 2.28. The molecule has 3 aromatic rings. The van der Waals surface area contributed by atoms with Crippen LogP contribution in [0.3, 0.4) is 0 Å². The van der Waals surface area contributed by atoms with Crippen LogP contribution in [-0.4, -0.2) is 15.2 Å². The Morgan fingerprint density at radius 3 is 2.50 bits per heavy atom. The zero-order valence-electron chi connectivity index (χ0n) is 10.2. The van der Waals surface area contributed by atoms with Crippen LogP contribution in [0.15, 0.2) is 45.8 Å². The number of phenols is 2. The van der Waals surface area contributed by atoms with Crippen molar-refractivity contribution in [2.24, 2.45) is 0 Å². The van der Waals surface area contributed by atoms with Crippen molar-refractivity contribution < 1.29 is 14.6 Å². The highest BCUT2D eigenvalue weighted by Gasteiger charge is 2.12. The molecular formula is C15H10BrNO3. The predicted molar refractivity (Wildman–Crippen MR) is 80.7 cm³/mol. The van der Waals surface area contributed by atoms with E-state index in [0.29, 0.717) is 17.0 Å². The molecule has 2 N–H and O–H groups in total. The maximum atomic E-state index is 9.69. The molecule has 1 heterocycles. The Hall–Kier alpha value is -2.27. The molecule has 0 amide bonds. The quantitative estimate of drug-likeness (QED) is 0.735. The van der Waals surface area contributed by atoms with Crippen LogP contribution in [-0.2, 0) is 0 Å². The van der Waals surface area contributed by atoms with Crippen LogP contribution >= 0.6 is 15.9 Å². The lowest BCUT2D eigenvalue weighted by Gasteiger charge is -1.96. The number of halogens is 1. The van der Waals surface area contributed by atoms with Crippen LogP contribution < -0.4 is 0 Å². The first kappa shape index (κ1) is 12.7. The van der Waals surface area contributed by atoms with Crippen molar-refractivity contribution in [1.82, 2.24) is 4.98 Å². The van der Waals surface area contributed by atoms with Gasteiger partial charge >= 0.3 is 0 Å². The molecule has 0 saturated carbocycles. The molecule has 20 heavy (non-hydrogen) atoms. The molecule has 0 spiro atoms. The molecule has 5 heteroatoms. The first-order chi connectivity index (χ1) is 9.67. The Morgan fingerprint density at radius 2 is 1.80 bits per heavy atom. The molecule has 0 unspecified atom stereocenters. The first-order valence-corrected chi connectivity index (χ1v) is 6.78. The van der Waals surface area contributed by atoms with Gasteiger partial charge in [0.05, 0.1) is 0 Å². The lowest BCUT2D eigenvalue weighted by molar-refractivity contribution is 0.475. The van der Waals surface area contributed by atoms with E-state index >= 15 is 0 Å². The van der Waals surface area contributed by atoms with Gasteiger partial charge in [-0.05, 0) is 41.4 Å². The summed E-state index contributed by atoms with van der Waals surface area (Å²) in [7, 11) is 0. The van der Waals surface area contributed by atoms with E-state index in [4.69, 9.17) is 4.42 Å². The third-order valence-corrected chi connectivity index (χ3v) is 3.12. The number of aromatic hydroxyl groups is 2. The van der Waals surface area contributed by atoms with Crippen molar-refractivity contribution in [3.8, 4) is 23.0 Å². The van der Waals surface area contributed by atoms with Crippen LogP contribution in [0.2, 0.25) is 0 Å². The molecule has 100 valence electrons. The smallest absolute Gasteiger partial charge is 0.227 e. The minimum atomic E-state index is 0.128. The van der Waals surface area contributed by atoms with E-state index < -0.39 is 0 Å². The Bertz CT molecular complexity index is 791. The number of rotatable bonds is 2. The molecule has 0 saturated heterocycles. The van der Waals surface area contributed by atoms with Gasteiger partial charge in [0.2, 0.25) is 5.89 Å². The Labute approximate surface area is 123 Å². The maximum absolute atomic E-state index is 9.69. The van der Waals surface area contributed by atoms with Crippen molar-refractivity contribution in [1.29, 1.82) is 0 Å². The lowest BCUT2D eigenvalue weighted by Crippen LogP contribution is -1.76. The summed E-state index contributed by atoms with van der Waals surface area (Å²) in [5, 5.41) is 19.0. The van der Waals surface area contributed by atoms with Gasteiger partial charge in [0.25, 0.3) is 0 Å². The summed E-state index contributed by atoms with van der Waals surface area (Å²) in [5.41, 5.74) is 2.66. The zero-order chi connectivity index (χ0) is 14.1. The van der Waals surface area contributed by atoms with Gasteiger partial charge in [-0.25, -0.2) is 4.98 Å². The normalized spacial score (nSPS) is 11.4. The van der Waals surface area contributed by atoms with E-state index in [1.54, 1.807) is 47.5 Å². The van der Waals surface area contributed by atoms with Crippen LogP contribution in [0.4, 0.5) is 0 Å². The number of hydrogen-bond donors (Lipinski definition) is 2. The Balaban J connectivity index is 2.19. The number of benzene rings is 2. The van der Waals surface area contributed by atoms with Crippen molar-refractivity contribution in [2.75, 3.05) is 0 Å². The molecule has 2 aromatic carbocycles. The van der Waals surface area contributed by atoms with Gasteiger partial charge < -0.3 is 14.6 Å². The fourth-order valence-corrected chi connectivity index (χ4v) is 2.25. The second-order valence-electron chi connectivity index (χ2n) is 4.24. The molecule has 0 aliphatic heterocycles. The van der Waals surface area contributed by atoms with Gasteiger partial charge in [0.1, 0.15) is 17.0 Å². The number of aromatic nitrogens is 1. The number of nitrogens with zero attached hydrogens (tertiary/aromatic N) is 1. The van der Waals surface area contributed by atoms with Gasteiger partial charge in [-0.3, -0.25) is 0 Å². The van der Waals surface area contributed by atoms with Crippen LogP contribution in [0, 0.1) is 0 Å². The SMILES string of the molecule is Oc1ccc(-c2nc3cc(O)cc(/C=C/Br)c3o2)cc1. The summed E-state index contributed by atoms with van der Waals surface area (Å²) in [6.45, 7) is 0.